The first-order chi connectivity index (χ1) is 10.7. The molecular weight excluding hydrogens is 299 g/mol. The van der Waals surface area contributed by atoms with Gasteiger partial charge in [0.15, 0.2) is 5.16 Å². The summed E-state index contributed by atoms with van der Waals surface area (Å²) in [5.41, 5.74) is 1.87. The molecule has 2 aromatic carbocycles. The zero-order valence-corrected chi connectivity index (χ0v) is 12.7. The van der Waals surface area contributed by atoms with E-state index in [2.05, 4.69) is 4.98 Å². The number of nitrogens with zero attached hydrogens (tertiary/aromatic N) is 2. The Labute approximate surface area is 131 Å². The fraction of sp³-hybridized carbons (Fsp3) is 0.0588. The van der Waals surface area contributed by atoms with E-state index in [1.807, 2.05) is 36.6 Å². The summed E-state index contributed by atoms with van der Waals surface area (Å²) in [7, 11) is 0. The van der Waals surface area contributed by atoms with Gasteiger partial charge in [0.05, 0.1) is 11.4 Å². The normalized spacial score (nSPS) is 10.6. The molecule has 1 aromatic heterocycles. The summed E-state index contributed by atoms with van der Waals surface area (Å²) < 4.78 is 14.6. The first-order valence-electron chi connectivity index (χ1n) is 6.68. The van der Waals surface area contributed by atoms with E-state index < -0.39 is 0 Å². The molecule has 110 valence electrons. The summed E-state index contributed by atoms with van der Waals surface area (Å²) in [6, 6.07) is 16.8. The van der Waals surface area contributed by atoms with Gasteiger partial charge in [-0.15, -0.1) is 0 Å². The third-order valence-electron chi connectivity index (χ3n) is 3.22. The van der Waals surface area contributed by atoms with Gasteiger partial charge in [0, 0.05) is 11.6 Å². The van der Waals surface area contributed by atoms with Crippen LogP contribution >= 0.6 is 11.8 Å². The van der Waals surface area contributed by atoms with Gasteiger partial charge in [-0.05, 0) is 42.7 Å². The highest BCUT2D eigenvalue weighted by molar-refractivity contribution is 7.98. The van der Waals surface area contributed by atoms with Crippen molar-refractivity contribution in [3.8, 4) is 16.9 Å². The van der Waals surface area contributed by atoms with E-state index >= 15 is 0 Å². The fourth-order valence-electron chi connectivity index (χ4n) is 2.18. The first kappa shape index (κ1) is 14.5. The maximum atomic E-state index is 13.0. The van der Waals surface area contributed by atoms with Crippen LogP contribution in [0.5, 0.6) is 0 Å². The Morgan fingerprint density at radius 3 is 2.36 bits per heavy atom. The van der Waals surface area contributed by atoms with Gasteiger partial charge < -0.3 is 0 Å². The molecule has 0 fully saturated rings. The minimum Gasteiger partial charge on any atom is -0.269 e. The van der Waals surface area contributed by atoms with Gasteiger partial charge in [-0.25, -0.2) is 9.37 Å². The molecule has 0 aliphatic rings. The molecule has 0 saturated carbocycles. The molecule has 3 nitrogen and oxygen atoms in total. The molecule has 0 aliphatic carbocycles. The quantitative estimate of drug-likeness (QED) is 0.545. The van der Waals surface area contributed by atoms with E-state index in [0.717, 1.165) is 5.69 Å². The topological polar surface area (TPSA) is 34.9 Å². The molecule has 0 aliphatic heterocycles. The van der Waals surface area contributed by atoms with E-state index in [9.17, 15) is 9.18 Å². The zero-order valence-electron chi connectivity index (χ0n) is 11.9. The smallest absolute Gasteiger partial charge is 0.259 e. The highest BCUT2D eigenvalue weighted by Gasteiger charge is 2.11. The Bertz CT molecular complexity index is 845. The Kier molecular flexibility index (Phi) is 4.06. The highest BCUT2D eigenvalue weighted by Crippen LogP contribution is 2.21. The summed E-state index contributed by atoms with van der Waals surface area (Å²) in [6.45, 7) is 0. The third-order valence-corrected chi connectivity index (χ3v) is 3.86. The molecule has 1 heterocycles. The van der Waals surface area contributed by atoms with Crippen molar-refractivity contribution in [2.24, 2.45) is 0 Å². The van der Waals surface area contributed by atoms with Crippen LogP contribution in [0, 0.1) is 5.82 Å². The van der Waals surface area contributed by atoms with Crippen molar-refractivity contribution in [1.82, 2.24) is 9.55 Å². The Morgan fingerprint density at radius 1 is 1.05 bits per heavy atom. The molecule has 5 heteroatoms. The van der Waals surface area contributed by atoms with Crippen LogP contribution in [0.2, 0.25) is 0 Å². The molecule has 3 rings (SSSR count). The molecule has 22 heavy (non-hydrogen) atoms. The minimum atomic E-state index is -0.313. The average Bonchev–Trinajstić information content (AvgIpc) is 2.55. The lowest BCUT2D eigenvalue weighted by Crippen LogP contribution is -2.20. The lowest BCUT2D eigenvalue weighted by Gasteiger charge is -2.11. The maximum absolute atomic E-state index is 13.0. The molecule has 0 spiro atoms. The van der Waals surface area contributed by atoms with E-state index in [4.69, 9.17) is 0 Å². The van der Waals surface area contributed by atoms with Crippen molar-refractivity contribution in [3.63, 3.8) is 0 Å². The van der Waals surface area contributed by atoms with Crippen molar-refractivity contribution >= 4 is 11.8 Å². The SMILES string of the molecule is CSc1nc(-c2ccc(F)cc2)cc(=O)n1-c1ccccc1. The summed E-state index contributed by atoms with van der Waals surface area (Å²) in [6.07, 6.45) is 1.87. The monoisotopic (exact) mass is 312 g/mol. The van der Waals surface area contributed by atoms with Crippen LogP contribution in [-0.2, 0) is 0 Å². The van der Waals surface area contributed by atoms with Gasteiger partial charge in [0.2, 0.25) is 0 Å². The van der Waals surface area contributed by atoms with E-state index in [1.54, 1.807) is 16.7 Å². The second-order valence-corrected chi connectivity index (χ2v) is 5.42. The number of aromatic nitrogens is 2. The minimum absolute atomic E-state index is 0.162. The summed E-state index contributed by atoms with van der Waals surface area (Å²) in [5.74, 6) is -0.313. The van der Waals surface area contributed by atoms with E-state index in [1.165, 1.54) is 30.0 Å². The van der Waals surface area contributed by atoms with Crippen molar-refractivity contribution < 1.29 is 4.39 Å². The average molecular weight is 312 g/mol. The maximum Gasteiger partial charge on any atom is 0.259 e. The molecule has 0 atom stereocenters. The largest absolute Gasteiger partial charge is 0.269 e. The Balaban J connectivity index is 2.16. The van der Waals surface area contributed by atoms with Crippen LogP contribution < -0.4 is 5.56 Å². The molecular formula is C17H13FN2OS. The number of para-hydroxylation sites is 1. The number of halogens is 1. The van der Waals surface area contributed by atoms with Gasteiger partial charge in [0.25, 0.3) is 5.56 Å². The first-order valence-corrected chi connectivity index (χ1v) is 7.91. The van der Waals surface area contributed by atoms with Crippen molar-refractivity contribution in [2.45, 2.75) is 5.16 Å². The Hall–Kier alpha value is -2.40. The van der Waals surface area contributed by atoms with Crippen molar-refractivity contribution in [2.75, 3.05) is 6.26 Å². The molecule has 0 N–H and O–H groups in total. The molecule has 0 radical (unpaired) electrons. The number of hydrogen-bond acceptors (Lipinski definition) is 3. The molecule has 3 aromatic rings. The van der Waals surface area contributed by atoms with E-state index in [0.29, 0.717) is 16.4 Å². The number of benzene rings is 2. The zero-order chi connectivity index (χ0) is 15.5. The Morgan fingerprint density at radius 2 is 1.73 bits per heavy atom. The third kappa shape index (κ3) is 2.80. The molecule has 0 amide bonds. The summed E-state index contributed by atoms with van der Waals surface area (Å²) in [4.78, 5) is 17.0. The lowest BCUT2D eigenvalue weighted by atomic mass is 10.1. The van der Waals surface area contributed by atoms with Gasteiger partial charge in [-0.2, -0.15) is 0 Å². The standard InChI is InChI=1S/C17H13FN2OS/c1-22-17-19-15(12-7-9-13(18)10-8-12)11-16(21)20(17)14-5-3-2-4-6-14/h2-11H,1H3. The molecule has 0 bridgehead atoms. The predicted octanol–water partition coefficient (Wildman–Crippen LogP) is 3.76. The summed E-state index contributed by atoms with van der Waals surface area (Å²) in [5, 5.41) is 0.595. The highest BCUT2D eigenvalue weighted by atomic mass is 32.2. The van der Waals surface area contributed by atoms with Crippen LogP contribution in [0.15, 0.2) is 70.6 Å². The van der Waals surface area contributed by atoms with Gasteiger partial charge >= 0.3 is 0 Å². The molecule has 0 unspecified atom stereocenters. The lowest BCUT2D eigenvalue weighted by molar-refractivity contribution is 0.628. The van der Waals surface area contributed by atoms with E-state index in [-0.39, 0.29) is 11.4 Å². The predicted molar refractivity (Wildman–Crippen MR) is 87.0 cm³/mol. The van der Waals surface area contributed by atoms with Crippen LogP contribution in [0.25, 0.3) is 16.9 Å². The van der Waals surface area contributed by atoms with Crippen LogP contribution in [-0.4, -0.2) is 15.8 Å². The fourth-order valence-corrected chi connectivity index (χ4v) is 2.75. The van der Waals surface area contributed by atoms with Crippen LogP contribution in [0.4, 0.5) is 4.39 Å². The van der Waals surface area contributed by atoms with Gasteiger partial charge in [-0.3, -0.25) is 9.36 Å². The van der Waals surface area contributed by atoms with Crippen LogP contribution in [0.1, 0.15) is 0 Å². The van der Waals surface area contributed by atoms with Crippen molar-refractivity contribution in [3.05, 3.63) is 76.8 Å². The van der Waals surface area contributed by atoms with Crippen molar-refractivity contribution in [1.29, 1.82) is 0 Å². The van der Waals surface area contributed by atoms with Gasteiger partial charge in [-0.1, -0.05) is 30.0 Å². The van der Waals surface area contributed by atoms with Crippen LogP contribution in [0.3, 0.4) is 0 Å². The molecule has 0 saturated heterocycles. The number of rotatable bonds is 3. The second kappa shape index (κ2) is 6.15. The number of hydrogen-bond donors (Lipinski definition) is 0. The number of thioether (sulfide) groups is 1. The summed E-state index contributed by atoms with van der Waals surface area (Å²) >= 11 is 1.39. The second-order valence-electron chi connectivity index (χ2n) is 4.64. The van der Waals surface area contributed by atoms with Gasteiger partial charge in [0.1, 0.15) is 5.82 Å².